The van der Waals surface area contributed by atoms with E-state index in [-0.39, 0.29) is 28.5 Å². The molecule has 12 nitrogen and oxygen atoms in total. The Morgan fingerprint density at radius 3 is 2.39 bits per heavy atom. The fourth-order valence-corrected chi connectivity index (χ4v) is 6.89. The Bertz CT molecular complexity index is 1970. The SMILES string of the molecule is Cc1cc([C@@H](C)Nc2ccc(Cl)nc2C(=O)NS(C)(=O)=O)c2cc(N3C[C@H]4C[C@@H]3CN4c3ncc(Cl)cn3)n(C)c(=O)c2c1. The van der Waals surface area contributed by atoms with Gasteiger partial charge in [0, 0.05) is 31.6 Å². The predicted molar refractivity (Wildman–Crippen MR) is 171 cm³/mol. The molecule has 1 aromatic carbocycles. The van der Waals surface area contributed by atoms with E-state index in [0.717, 1.165) is 41.6 Å². The molecule has 0 radical (unpaired) electrons. The molecule has 3 aromatic heterocycles. The van der Waals surface area contributed by atoms with Crippen LogP contribution < -0.4 is 25.4 Å². The molecule has 15 heteroatoms. The molecule has 2 saturated heterocycles. The molecule has 230 valence electrons. The number of aryl methyl sites for hydroxylation is 1. The molecule has 44 heavy (non-hydrogen) atoms. The van der Waals surface area contributed by atoms with E-state index in [1.54, 1.807) is 30.1 Å². The van der Waals surface area contributed by atoms with Gasteiger partial charge in [-0.3, -0.25) is 14.2 Å². The maximum absolute atomic E-state index is 13.8. The predicted octanol–water partition coefficient (Wildman–Crippen LogP) is 3.67. The minimum Gasteiger partial charge on any atom is -0.377 e. The van der Waals surface area contributed by atoms with Crippen molar-refractivity contribution in [3.63, 3.8) is 0 Å². The summed E-state index contributed by atoms with van der Waals surface area (Å²) in [7, 11) is -2.04. The molecule has 1 amide bonds. The van der Waals surface area contributed by atoms with Crippen molar-refractivity contribution in [2.75, 3.05) is 34.5 Å². The number of benzene rings is 1. The highest BCUT2D eigenvalue weighted by molar-refractivity contribution is 7.89. The number of rotatable bonds is 7. The summed E-state index contributed by atoms with van der Waals surface area (Å²) >= 11 is 12.0. The molecule has 0 unspecified atom stereocenters. The van der Waals surface area contributed by atoms with Gasteiger partial charge in [-0.15, -0.1) is 0 Å². The van der Waals surface area contributed by atoms with Gasteiger partial charge < -0.3 is 15.1 Å². The molecule has 2 aliphatic heterocycles. The first-order valence-corrected chi connectivity index (χ1v) is 16.5. The minimum absolute atomic E-state index is 0.0390. The highest BCUT2D eigenvalue weighted by atomic mass is 35.5. The van der Waals surface area contributed by atoms with Crippen LogP contribution in [0.25, 0.3) is 10.8 Å². The van der Waals surface area contributed by atoms with Gasteiger partial charge in [0.05, 0.1) is 41.4 Å². The minimum atomic E-state index is -3.83. The fraction of sp³-hybridized carbons (Fsp3) is 0.345. The van der Waals surface area contributed by atoms with Crippen molar-refractivity contribution in [2.24, 2.45) is 7.05 Å². The summed E-state index contributed by atoms with van der Waals surface area (Å²) in [5, 5.41) is 5.17. The zero-order valence-electron chi connectivity index (χ0n) is 24.4. The lowest BCUT2D eigenvalue weighted by Gasteiger charge is -2.36. The molecule has 4 aromatic rings. The molecule has 0 spiro atoms. The van der Waals surface area contributed by atoms with Gasteiger partial charge in [-0.1, -0.05) is 29.3 Å². The second kappa shape index (κ2) is 11.2. The number of sulfonamides is 1. The van der Waals surface area contributed by atoms with E-state index >= 15 is 0 Å². The number of hydrogen-bond donors (Lipinski definition) is 2. The number of aromatic nitrogens is 4. The van der Waals surface area contributed by atoms with Crippen molar-refractivity contribution in [1.82, 2.24) is 24.2 Å². The van der Waals surface area contributed by atoms with E-state index in [9.17, 15) is 18.0 Å². The number of pyridine rings is 2. The lowest BCUT2D eigenvalue weighted by atomic mass is 9.97. The molecule has 0 saturated carbocycles. The number of amides is 1. The molecule has 2 aliphatic rings. The molecule has 2 N–H and O–H groups in total. The average molecular weight is 658 g/mol. The van der Waals surface area contributed by atoms with Crippen molar-refractivity contribution < 1.29 is 13.2 Å². The monoisotopic (exact) mass is 656 g/mol. The molecule has 3 atom stereocenters. The van der Waals surface area contributed by atoms with Crippen LogP contribution in [0, 0.1) is 6.92 Å². The van der Waals surface area contributed by atoms with Crippen LogP contribution in [-0.4, -0.2) is 65.3 Å². The Morgan fingerprint density at radius 2 is 1.73 bits per heavy atom. The molecule has 0 aliphatic carbocycles. The number of nitrogens with zero attached hydrogens (tertiary/aromatic N) is 6. The maximum atomic E-state index is 13.8. The third-order valence-corrected chi connectivity index (χ3v) is 9.06. The number of nitrogens with one attached hydrogen (secondary N) is 2. The van der Waals surface area contributed by atoms with Crippen LogP contribution in [0.5, 0.6) is 0 Å². The van der Waals surface area contributed by atoms with Crippen LogP contribution in [0.3, 0.4) is 0 Å². The zero-order valence-corrected chi connectivity index (χ0v) is 26.7. The van der Waals surface area contributed by atoms with Crippen molar-refractivity contribution in [1.29, 1.82) is 0 Å². The summed E-state index contributed by atoms with van der Waals surface area (Å²) in [5.41, 5.74) is 1.75. The van der Waals surface area contributed by atoms with Crippen LogP contribution >= 0.6 is 23.2 Å². The van der Waals surface area contributed by atoms with Gasteiger partial charge in [0.2, 0.25) is 16.0 Å². The summed E-state index contributed by atoms with van der Waals surface area (Å²) in [5.74, 6) is 0.551. The summed E-state index contributed by atoms with van der Waals surface area (Å²) in [6.45, 7) is 5.25. The Morgan fingerprint density at radius 1 is 1.05 bits per heavy atom. The lowest BCUT2D eigenvalue weighted by molar-refractivity contribution is 0.0977. The van der Waals surface area contributed by atoms with E-state index in [2.05, 4.69) is 30.1 Å². The van der Waals surface area contributed by atoms with Gasteiger partial charge in [-0.05, 0) is 61.0 Å². The first-order valence-electron chi connectivity index (χ1n) is 13.9. The van der Waals surface area contributed by atoms with Gasteiger partial charge in [-0.2, -0.15) is 0 Å². The fourth-order valence-electron chi connectivity index (χ4n) is 6.21. The van der Waals surface area contributed by atoms with Gasteiger partial charge in [0.15, 0.2) is 5.69 Å². The van der Waals surface area contributed by atoms with E-state index in [1.807, 2.05) is 36.8 Å². The summed E-state index contributed by atoms with van der Waals surface area (Å²) < 4.78 is 27.1. The van der Waals surface area contributed by atoms with Crippen molar-refractivity contribution >= 4 is 67.4 Å². The van der Waals surface area contributed by atoms with Crippen LogP contribution in [-0.2, 0) is 17.1 Å². The number of piperazine rings is 1. The number of fused-ring (bicyclic) bond motifs is 3. The number of halogens is 2. The summed E-state index contributed by atoms with van der Waals surface area (Å²) in [6.07, 6.45) is 5.00. The van der Waals surface area contributed by atoms with Crippen LogP contribution in [0.2, 0.25) is 10.2 Å². The zero-order chi connectivity index (χ0) is 31.5. The van der Waals surface area contributed by atoms with Crippen molar-refractivity contribution in [3.05, 3.63) is 80.1 Å². The van der Waals surface area contributed by atoms with Gasteiger partial charge in [0.1, 0.15) is 11.0 Å². The standard InChI is InChI=1S/C29H30Cl2N8O4S/c1-15-7-20(16(2)34-23-5-6-24(31)35-26(23)27(40)36-44(4,42)43)21-10-25(37(3)28(41)22(21)8-15)38-13-19-9-18(38)14-39(19)29-32-11-17(30)12-33-29/h5-8,10-12,16,18-19,34H,9,13-14H2,1-4H3,(H,36,40)/t16-,18-,19-/m1/s1. The third kappa shape index (κ3) is 5.66. The van der Waals surface area contributed by atoms with Crippen LogP contribution in [0.15, 0.2) is 47.5 Å². The molecular formula is C29H30Cl2N8O4S. The normalized spacial score (nSPS) is 18.6. The second-order valence-corrected chi connectivity index (χ2v) is 13.9. The Kier molecular flexibility index (Phi) is 7.67. The molecule has 2 fully saturated rings. The highest BCUT2D eigenvalue weighted by Gasteiger charge is 2.45. The lowest BCUT2D eigenvalue weighted by Crippen LogP contribution is -2.48. The first-order chi connectivity index (χ1) is 20.8. The highest BCUT2D eigenvalue weighted by Crippen LogP contribution is 2.38. The van der Waals surface area contributed by atoms with E-state index in [1.165, 1.54) is 6.07 Å². The van der Waals surface area contributed by atoms with Crippen LogP contribution in [0.4, 0.5) is 17.5 Å². The second-order valence-electron chi connectivity index (χ2n) is 11.3. The number of carbonyl (C=O) groups excluding carboxylic acids is 1. The van der Waals surface area contributed by atoms with E-state index in [0.29, 0.717) is 28.6 Å². The smallest absolute Gasteiger partial charge is 0.285 e. The van der Waals surface area contributed by atoms with Gasteiger partial charge >= 0.3 is 0 Å². The number of hydrogen-bond acceptors (Lipinski definition) is 10. The number of anilines is 3. The van der Waals surface area contributed by atoms with Gasteiger partial charge in [0.25, 0.3) is 11.5 Å². The maximum Gasteiger partial charge on any atom is 0.285 e. The van der Waals surface area contributed by atoms with E-state index in [4.69, 9.17) is 23.2 Å². The molecule has 6 rings (SSSR count). The third-order valence-electron chi connectivity index (χ3n) is 8.10. The van der Waals surface area contributed by atoms with Crippen molar-refractivity contribution in [2.45, 2.75) is 38.4 Å². The Balaban J connectivity index is 1.35. The molecule has 2 bridgehead atoms. The molecular weight excluding hydrogens is 627 g/mol. The van der Waals surface area contributed by atoms with Crippen LogP contribution in [0.1, 0.15) is 41.0 Å². The van der Waals surface area contributed by atoms with Gasteiger partial charge in [-0.25, -0.2) is 28.1 Å². The first kappa shape index (κ1) is 30.1. The summed E-state index contributed by atoms with van der Waals surface area (Å²) in [4.78, 5) is 43.9. The van der Waals surface area contributed by atoms with E-state index < -0.39 is 22.0 Å². The Hall–Kier alpha value is -3.94. The number of carbonyl (C=O) groups is 1. The average Bonchev–Trinajstić information content (AvgIpc) is 3.56. The van der Waals surface area contributed by atoms with Crippen molar-refractivity contribution in [3.8, 4) is 0 Å². The quantitative estimate of drug-likeness (QED) is 0.283. The largest absolute Gasteiger partial charge is 0.377 e. The topological polar surface area (TPSA) is 142 Å². The Labute approximate surface area is 264 Å². The molecule has 5 heterocycles. The summed E-state index contributed by atoms with van der Waals surface area (Å²) in [6, 6.07) is 8.96.